The summed E-state index contributed by atoms with van der Waals surface area (Å²) in [6.07, 6.45) is 3.83. The summed E-state index contributed by atoms with van der Waals surface area (Å²) in [6, 6.07) is 8.59. The van der Waals surface area contributed by atoms with Crippen LogP contribution in [0, 0.1) is 0 Å². The summed E-state index contributed by atoms with van der Waals surface area (Å²) in [5, 5.41) is 10.5. The number of hydrogen-bond donors (Lipinski definition) is 1. The average Bonchev–Trinajstić information content (AvgIpc) is 2.45. The van der Waals surface area contributed by atoms with Crippen molar-refractivity contribution < 1.29 is 5.11 Å². The molecule has 0 saturated carbocycles. The Kier molecular flexibility index (Phi) is 4.98. The maximum Gasteiger partial charge on any atom is 0.0891 e. The molecule has 0 radical (unpaired) electrons. The molecule has 1 nitrogen and oxygen atoms in total. The van der Waals surface area contributed by atoms with Gasteiger partial charge in [-0.1, -0.05) is 58.9 Å². The maximum atomic E-state index is 10.5. The molecule has 1 aromatic carbocycles. The molecule has 0 unspecified atom stereocenters. The lowest BCUT2D eigenvalue weighted by Gasteiger charge is -2.30. The van der Waals surface area contributed by atoms with E-state index in [0.717, 1.165) is 31.2 Å². The molecule has 102 valence electrons. The largest absolute Gasteiger partial charge is 0.385 e. The molecule has 0 saturated heterocycles. The lowest BCUT2D eigenvalue weighted by Crippen LogP contribution is -2.24. The third-order valence-corrected chi connectivity index (χ3v) is 4.85. The first-order chi connectivity index (χ1) is 8.45. The molecule has 0 aromatic heterocycles. The number of benzene rings is 1. The van der Waals surface area contributed by atoms with Crippen LogP contribution in [-0.2, 0) is 11.0 Å². The summed E-state index contributed by atoms with van der Waals surface area (Å²) in [4.78, 5) is 0. The fourth-order valence-electron chi connectivity index (χ4n) is 2.50. The van der Waals surface area contributed by atoms with Gasteiger partial charge < -0.3 is 5.11 Å². The van der Waals surface area contributed by atoms with E-state index in [1.54, 1.807) is 0 Å². The molecular weight excluding hydrogens is 220 g/mol. The van der Waals surface area contributed by atoms with Gasteiger partial charge in [0.15, 0.2) is 0 Å². The van der Waals surface area contributed by atoms with Crippen LogP contribution in [0.1, 0.15) is 71.4 Å². The smallest absolute Gasteiger partial charge is 0.0891 e. The minimum atomic E-state index is -0.659. The molecular formula is C17H28O. The predicted molar refractivity (Wildman–Crippen MR) is 78.9 cm³/mol. The van der Waals surface area contributed by atoms with E-state index in [9.17, 15) is 5.11 Å². The number of rotatable bonds is 6. The highest BCUT2D eigenvalue weighted by Gasteiger charge is 2.26. The first-order valence-electron chi connectivity index (χ1n) is 7.29. The highest BCUT2D eigenvalue weighted by atomic mass is 16.3. The van der Waals surface area contributed by atoms with E-state index in [1.807, 2.05) is 13.8 Å². The van der Waals surface area contributed by atoms with Crippen molar-refractivity contribution >= 4 is 0 Å². The monoisotopic (exact) mass is 248 g/mol. The molecule has 0 atom stereocenters. The van der Waals surface area contributed by atoms with Gasteiger partial charge in [0, 0.05) is 0 Å². The fourth-order valence-corrected chi connectivity index (χ4v) is 2.50. The normalized spacial score (nSPS) is 12.8. The Bertz CT molecular complexity index is 319. The quantitative estimate of drug-likeness (QED) is 0.768. The standard InChI is InChI=1S/C17H28O/c1-6-16(5,7-2)14-10-12-15(13-11-14)17(18,8-3)9-4/h10-13,18H,6-9H2,1-5H3. The molecule has 0 aliphatic heterocycles. The Labute approximate surface area is 112 Å². The second kappa shape index (κ2) is 5.88. The molecule has 1 aromatic rings. The fraction of sp³-hybridized carbons (Fsp3) is 0.647. The van der Waals surface area contributed by atoms with Crippen LogP contribution < -0.4 is 0 Å². The molecule has 18 heavy (non-hydrogen) atoms. The van der Waals surface area contributed by atoms with E-state index in [4.69, 9.17) is 0 Å². The summed E-state index contributed by atoms with van der Waals surface area (Å²) in [6.45, 7) is 10.9. The SMILES string of the molecule is CCC(C)(CC)c1ccc(C(O)(CC)CC)cc1. The number of hydrogen-bond acceptors (Lipinski definition) is 1. The van der Waals surface area contributed by atoms with E-state index in [2.05, 4.69) is 45.0 Å². The third kappa shape index (κ3) is 2.77. The Balaban J connectivity index is 3.06. The summed E-state index contributed by atoms with van der Waals surface area (Å²) in [7, 11) is 0. The first kappa shape index (κ1) is 15.2. The molecule has 0 fully saturated rings. The van der Waals surface area contributed by atoms with Gasteiger partial charge in [0.25, 0.3) is 0 Å². The summed E-state index contributed by atoms with van der Waals surface area (Å²) in [5.74, 6) is 0. The van der Waals surface area contributed by atoms with E-state index in [0.29, 0.717) is 0 Å². The van der Waals surface area contributed by atoms with Gasteiger partial charge in [-0.05, 0) is 42.2 Å². The van der Waals surface area contributed by atoms with Crippen LogP contribution >= 0.6 is 0 Å². The van der Waals surface area contributed by atoms with Crippen LogP contribution in [0.4, 0.5) is 0 Å². The second-order valence-electron chi connectivity index (χ2n) is 5.58. The zero-order valence-corrected chi connectivity index (χ0v) is 12.6. The highest BCUT2D eigenvalue weighted by Crippen LogP contribution is 2.34. The Morgan fingerprint density at radius 1 is 0.778 bits per heavy atom. The average molecular weight is 248 g/mol. The molecule has 0 aliphatic rings. The zero-order chi connectivity index (χ0) is 13.8. The van der Waals surface area contributed by atoms with Crippen LogP contribution in [0.3, 0.4) is 0 Å². The third-order valence-electron chi connectivity index (χ3n) is 4.85. The van der Waals surface area contributed by atoms with Crippen molar-refractivity contribution in [1.82, 2.24) is 0 Å². The molecule has 0 spiro atoms. The summed E-state index contributed by atoms with van der Waals surface area (Å²) in [5.41, 5.74) is 2.03. The summed E-state index contributed by atoms with van der Waals surface area (Å²) >= 11 is 0. The molecule has 0 aliphatic carbocycles. The van der Waals surface area contributed by atoms with E-state index < -0.39 is 5.60 Å². The Morgan fingerprint density at radius 3 is 1.50 bits per heavy atom. The highest BCUT2D eigenvalue weighted by molar-refractivity contribution is 5.31. The molecule has 0 bridgehead atoms. The lowest BCUT2D eigenvalue weighted by atomic mass is 9.77. The van der Waals surface area contributed by atoms with Crippen LogP contribution in [-0.4, -0.2) is 5.11 Å². The van der Waals surface area contributed by atoms with Crippen LogP contribution in [0.2, 0.25) is 0 Å². The van der Waals surface area contributed by atoms with Gasteiger partial charge in [-0.15, -0.1) is 0 Å². The van der Waals surface area contributed by atoms with Gasteiger partial charge in [0.2, 0.25) is 0 Å². The van der Waals surface area contributed by atoms with Gasteiger partial charge >= 0.3 is 0 Å². The molecule has 1 heteroatoms. The van der Waals surface area contributed by atoms with Crippen molar-refractivity contribution in [3.63, 3.8) is 0 Å². The van der Waals surface area contributed by atoms with Crippen molar-refractivity contribution in [2.45, 2.75) is 71.3 Å². The van der Waals surface area contributed by atoms with Crippen molar-refractivity contribution in [2.75, 3.05) is 0 Å². The lowest BCUT2D eigenvalue weighted by molar-refractivity contribution is 0.0283. The van der Waals surface area contributed by atoms with Crippen molar-refractivity contribution in [3.8, 4) is 0 Å². The molecule has 0 heterocycles. The molecule has 1 N–H and O–H groups in total. The van der Waals surface area contributed by atoms with Gasteiger partial charge in [-0.25, -0.2) is 0 Å². The Hall–Kier alpha value is -0.820. The minimum Gasteiger partial charge on any atom is -0.385 e. The van der Waals surface area contributed by atoms with Gasteiger partial charge in [-0.2, -0.15) is 0 Å². The minimum absolute atomic E-state index is 0.259. The van der Waals surface area contributed by atoms with E-state index >= 15 is 0 Å². The van der Waals surface area contributed by atoms with E-state index in [-0.39, 0.29) is 5.41 Å². The van der Waals surface area contributed by atoms with Gasteiger partial charge in [0.05, 0.1) is 5.60 Å². The van der Waals surface area contributed by atoms with Crippen molar-refractivity contribution in [1.29, 1.82) is 0 Å². The van der Waals surface area contributed by atoms with E-state index in [1.165, 1.54) is 5.56 Å². The predicted octanol–water partition coefficient (Wildman–Crippen LogP) is 4.77. The van der Waals surface area contributed by atoms with Crippen LogP contribution in [0.25, 0.3) is 0 Å². The topological polar surface area (TPSA) is 20.2 Å². The van der Waals surface area contributed by atoms with Gasteiger partial charge in [0.1, 0.15) is 0 Å². The number of aliphatic hydroxyl groups is 1. The first-order valence-corrected chi connectivity index (χ1v) is 7.29. The Morgan fingerprint density at radius 2 is 1.17 bits per heavy atom. The molecule has 0 amide bonds. The van der Waals surface area contributed by atoms with Crippen molar-refractivity contribution in [2.24, 2.45) is 0 Å². The second-order valence-corrected chi connectivity index (χ2v) is 5.58. The zero-order valence-electron chi connectivity index (χ0n) is 12.6. The van der Waals surface area contributed by atoms with Crippen LogP contribution in [0.15, 0.2) is 24.3 Å². The molecule has 1 rings (SSSR count). The van der Waals surface area contributed by atoms with Crippen LogP contribution in [0.5, 0.6) is 0 Å². The maximum absolute atomic E-state index is 10.5. The summed E-state index contributed by atoms with van der Waals surface area (Å²) < 4.78 is 0. The van der Waals surface area contributed by atoms with Crippen molar-refractivity contribution in [3.05, 3.63) is 35.4 Å². The van der Waals surface area contributed by atoms with Gasteiger partial charge in [-0.3, -0.25) is 0 Å².